The first-order valence-corrected chi connectivity index (χ1v) is 11.6. The molecule has 1 saturated carbocycles. The molecule has 0 radical (unpaired) electrons. The van der Waals surface area contributed by atoms with E-state index in [0.717, 1.165) is 48.6 Å². The van der Waals surface area contributed by atoms with Crippen LogP contribution >= 0.6 is 0 Å². The number of aromatic amines is 1. The number of nitrogens with one attached hydrogen (secondary N) is 1. The van der Waals surface area contributed by atoms with Gasteiger partial charge >= 0.3 is 0 Å². The Bertz CT molecular complexity index is 1160. The number of H-pyrrole nitrogens is 1. The summed E-state index contributed by atoms with van der Waals surface area (Å²) in [5.41, 5.74) is 2.09. The minimum atomic E-state index is -3.70. The molecule has 1 heterocycles. The van der Waals surface area contributed by atoms with Gasteiger partial charge in [-0.2, -0.15) is 4.31 Å². The third-order valence-electron chi connectivity index (χ3n) is 5.74. The molecule has 0 amide bonds. The third-order valence-corrected chi connectivity index (χ3v) is 7.65. The lowest BCUT2D eigenvalue weighted by Gasteiger charge is -2.33. The second kappa shape index (κ2) is 8.13. The van der Waals surface area contributed by atoms with E-state index in [1.807, 2.05) is 31.2 Å². The van der Waals surface area contributed by atoms with Crippen molar-refractivity contribution in [3.8, 4) is 0 Å². The molecule has 1 N–H and O–H groups in total. The number of hydrogen-bond acceptors (Lipinski definition) is 3. The minimum absolute atomic E-state index is 0.0814. The monoisotopic (exact) mass is 410 g/mol. The maximum Gasteiger partial charge on any atom is 0.252 e. The maximum absolute atomic E-state index is 13.5. The van der Waals surface area contributed by atoms with Crippen LogP contribution in [0, 0.1) is 6.92 Å². The fourth-order valence-electron chi connectivity index (χ4n) is 4.15. The molecule has 0 aliphatic heterocycles. The zero-order valence-electron chi connectivity index (χ0n) is 16.6. The highest BCUT2D eigenvalue weighted by Crippen LogP contribution is 2.29. The van der Waals surface area contributed by atoms with Gasteiger partial charge in [-0.05, 0) is 55.0 Å². The van der Waals surface area contributed by atoms with Gasteiger partial charge in [0, 0.05) is 23.7 Å². The number of sulfonamides is 1. The first-order chi connectivity index (χ1) is 13.9. The van der Waals surface area contributed by atoms with Crippen LogP contribution in [-0.2, 0) is 16.6 Å². The molecule has 0 saturated heterocycles. The van der Waals surface area contributed by atoms with Crippen molar-refractivity contribution in [2.24, 2.45) is 0 Å². The highest BCUT2D eigenvalue weighted by molar-refractivity contribution is 7.89. The Kier molecular flexibility index (Phi) is 5.56. The number of aromatic nitrogens is 1. The Balaban J connectivity index is 1.76. The first-order valence-electron chi connectivity index (χ1n) is 10.1. The van der Waals surface area contributed by atoms with Crippen LogP contribution in [0.2, 0.25) is 0 Å². The molecule has 1 fully saturated rings. The second-order valence-electron chi connectivity index (χ2n) is 7.87. The Hall–Kier alpha value is -2.44. The lowest BCUT2D eigenvalue weighted by molar-refractivity contribution is 0.247. The lowest BCUT2D eigenvalue weighted by atomic mass is 9.95. The summed E-state index contributed by atoms with van der Waals surface area (Å²) in [6, 6.07) is 16.1. The number of hydrogen-bond donors (Lipinski definition) is 1. The van der Waals surface area contributed by atoms with Gasteiger partial charge in [-0.1, -0.05) is 49.6 Å². The summed E-state index contributed by atoms with van der Waals surface area (Å²) in [6.45, 7) is 2.06. The average molecular weight is 411 g/mol. The van der Waals surface area contributed by atoms with E-state index < -0.39 is 10.0 Å². The van der Waals surface area contributed by atoms with Crippen LogP contribution in [-0.4, -0.2) is 23.7 Å². The molecule has 152 valence electrons. The molecule has 1 aliphatic rings. The summed E-state index contributed by atoms with van der Waals surface area (Å²) in [7, 11) is -3.70. The van der Waals surface area contributed by atoms with E-state index in [0.29, 0.717) is 5.56 Å². The molecule has 2 aromatic carbocycles. The quantitative estimate of drug-likeness (QED) is 0.679. The third kappa shape index (κ3) is 4.14. The summed E-state index contributed by atoms with van der Waals surface area (Å²) in [5.74, 6) is 0. The molecular weight excluding hydrogens is 384 g/mol. The average Bonchev–Trinajstić information content (AvgIpc) is 2.73. The molecule has 5 nitrogen and oxygen atoms in total. The van der Waals surface area contributed by atoms with E-state index in [1.54, 1.807) is 34.6 Å². The van der Waals surface area contributed by atoms with Crippen molar-refractivity contribution in [2.45, 2.75) is 56.5 Å². The van der Waals surface area contributed by atoms with Crippen molar-refractivity contribution in [1.29, 1.82) is 0 Å². The fraction of sp³-hybridized carbons (Fsp3) is 0.348. The van der Waals surface area contributed by atoms with Crippen molar-refractivity contribution in [1.82, 2.24) is 9.29 Å². The molecule has 0 unspecified atom stereocenters. The Morgan fingerprint density at radius 2 is 1.72 bits per heavy atom. The minimum Gasteiger partial charge on any atom is -0.322 e. The zero-order chi connectivity index (χ0) is 20.4. The van der Waals surface area contributed by atoms with Gasteiger partial charge in [-0.3, -0.25) is 4.79 Å². The lowest BCUT2D eigenvalue weighted by Crippen LogP contribution is -2.42. The summed E-state index contributed by atoms with van der Waals surface area (Å²) in [5, 5.41) is 0.908. The predicted molar refractivity (Wildman–Crippen MR) is 115 cm³/mol. The highest BCUT2D eigenvalue weighted by Gasteiger charge is 2.33. The number of fused-ring (bicyclic) bond motifs is 1. The standard InChI is InChI=1S/C23H26N2O3S/c1-17-12-13-18-15-19(23(26)24-22(18)14-17)16-25(20-8-4-2-5-9-20)29(27,28)21-10-6-3-7-11-21/h3,6-7,10-15,20H,2,4-5,8-9,16H2,1H3,(H,24,26). The van der Waals surface area contributed by atoms with E-state index in [-0.39, 0.29) is 23.0 Å². The number of nitrogens with zero attached hydrogens (tertiary/aromatic N) is 1. The molecule has 0 bridgehead atoms. The summed E-state index contributed by atoms with van der Waals surface area (Å²) >= 11 is 0. The Morgan fingerprint density at radius 3 is 2.45 bits per heavy atom. The van der Waals surface area contributed by atoms with Crippen LogP contribution in [0.3, 0.4) is 0 Å². The zero-order valence-corrected chi connectivity index (χ0v) is 17.4. The van der Waals surface area contributed by atoms with Gasteiger partial charge in [-0.15, -0.1) is 0 Å². The maximum atomic E-state index is 13.5. The van der Waals surface area contributed by atoms with Crippen molar-refractivity contribution < 1.29 is 8.42 Å². The van der Waals surface area contributed by atoms with Crippen LogP contribution in [0.5, 0.6) is 0 Å². The molecule has 4 rings (SSSR count). The second-order valence-corrected chi connectivity index (χ2v) is 9.76. The molecule has 1 aliphatic carbocycles. The molecule has 3 aromatic rings. The van der Waals surface area contributed by atoms with Gasteiger partial charge in [0.05, 0.1) is 4.90 Å². The first kappa shape index (κ1) is 19.9. The van der Waals surface area contributed by atoms with Crippen LogP contribution in [0.25, 0.3) is 10.9 Å². The van der Waals surface area contributed by atoms with E-state index in [1.165, 1.54) is 0 Å². The Labute approximate surface area is 171 Å². The normalized spacial score (nSPS) is 15.8. The Morgan fingerprint density at radius 1 is 1.00 bits per heavy atom. The molecular formula is C23H26N2O3S. The molecule has 0 atom stereocenters. The van der Waals surface area contributed by atoms with Crippen LogP contribution in [0.1, 0.15) is 43.2 Å². The fourth-order valence-corrected chi connectivity index (χ4v) is 5.84. The van der Waals surface area contributed by atoms with Crippen molar-refractivity contribution in [2.75, 3.05) is 0 Å². The van der Waals surface area contributed by atoms with E-state index in [9.17, 15) is 13.2 Å². The SMILES string of the molecule is Cc1ccc2cc(CN(C3CCCCC3)S(=O)(=O)c3ccccc3)c(=O)[nH]c2c1. The number of benzene rings is 2. The van der Waals surface area contributed by atoms with E-state index in [2.05, 4.69) is 4.98 Å². The number of rotatable bonds is 5. The van der Waals surface area contributed by atoms with Crippen LogP contribution in [0.15, 0.2) is 64.3 Å². The summed E-state index contributed by atoms with van der Waals surface area (Å²) in [4.78, 5) is 15.9. The van der Waals surface area contributed by atoms with Crippen LogP contribution in [0.4, 0.5) is 0 Å². The van der Waals surface area contributed by atoms with Crippen LogP contribution < -0.4 is 5.56 Å². The molecule has 1 aromatic heterocycles. The van der Waals surface area contributed by atoms with Gasteiger partial charge in [0.15, 0.2) is 0 Å². The number of aryl methyl sites for hydroxylation is 1. The largest absolute Gasteiger partial charge is 0.322 e. The van der Waals surface area contributed by atoms with Crippen molar-refractivity contribution in [3.63, 3.8) is 0 Å². The van der Waals surface area contributed by atoms with E-state index in [4.69, 9.17) is 0 Å². The topological polar surface area (TPSA) is 70.2 Å². The van der Waals surface area contributed by atoms with Gasteiger partial charge in [0.2, 0.25) is 10.0 Å². The van der Waals surface area contributed by atoms with Gasteiger partial charge in [0.25, 0.3) is 5.56 Å². The van der Waals surface area contributed by atoms with Gasteiger partial charge in [-0.25, -0.2) is 8.42 Å². The molecule has 29 heavy (non-hydrogen) atoms. The predicted octanol–water partition coefficient (Wildman–Crippen LogP) is 4.36. The molecule has 0 spiro atoms. The van der Waals surface area contributed by atoms with E-state index >= 15 is 0 Å². The summed E-state index contributed by atoms with van der Waals surface area (Å²) in [6.07, 6.45) is 4.82. The summed E-state index contributed by atoms with van der Waals surface area (Å²) < 4.78 is 28.5. The number of pyridine rings is 1. The molecule has 6 heteroatoms. The van der Waals surface area contributed by atoms with Crippen molar-refractivity contribution >= 4 is 20.9 Å². The van der Waals surface area contributed by atoms with Gasteiger partial charge < -0.3 is 4.98 Å². The van der Waals surface area contributed by atoms with Gasteiger partial charge in [0.1, 0.15) is 0 Å². The van der Waals surface area contributed by atoms with Crippen molar-refractivity contribution in [3.05, 3.63) is 76.1 Å². The highest BCUT2D eigenvalue weighted by atomic mass is 32.2. The smallest absolute Gasteiger partial charge is 0.252 e.